The van der Waals surface area contributed by atoms with Gasteiger partial charge in [-0.2, -0.15) is 0 Å². The fourth-order valence-corrected chi connectivity index (χ4v) is 2.24. The van der Waals surface area contributed by atoms with Crippen LogP contribution in [0.4, 0.5) is 4.39 Å². The quantitative estimate of drug-likeness (QED) is 0.768. The summed E-state index contributed by atoms with van der Waals surface area (Å²) in [5.41, 5.74) is 1.78. The molecule has 1 N–H and O–H groups in total. The van der Waals surface area contributed by atoms with Crippen LogP contribution in [-0.4, -0.2) is 4.75 Å². The van der Waals surface area contributed by atoms with Gasteiger partial charge in [-0.1, -0.05) is 37.9 Å². The molecule has 0 amide bonds. The predicted octanol–water partition coefficient (Wildman–Crippen LogP) is 5.05. The molecule has 3 heteroatoms. The first-order chi connectivity index (χ1) is 8.20. The van der Waals surface area contributed by atoms with Crippen LogP contribution < -0.4 is 4.72 Å². The van der Waals surface area contributed by atoms with Crippen molar-refractivity contribution in [1.29, 1.82) is 0 Å². The van der Waals surface area contributed by atoms with Crippen LogP contribution in [-0.2, 0) is 0 Å². The van der Waals surface area contributed by atoms with Crippen LogP contribution in [0.3, 0.4) is 0 Å². The van der Waals surface area contributed by atoms with Crippen LogP contribution >= 0.6 is 11.9 Å². The average Bonchev–Trinajstić information content (AvgIpc) is 2.24. The zero-order chi connectivity index (χ0) is 13.9. The van der Waals surface area contributed by atoms with E-state index >= 15 is 0 Å². The molecule has 102 valence electrons. The van der Waals surface area contributed by atoms with E-state index in [0.29, 0.717) is 5.92 Å². The Labute approximate surface area is 115 Å². The van der Waals surface area contributed by atoms with Gasteiger partial charge in [0, 0.05) is 16.4 Å². The second-order valence-electron chi connectivity index (χ2n) is 5.99. The van der Waals surface area contributed by atoms with Gasteiger partial charge < -0.3 is 0 Å². The van der Waals surface area contributed by atoms with Crippen LogP contribution in [0.25, 0.3) is 0 Å². The van der Waals surface area contributed by atoms with Gasteiger partial charge >= 0.3 is 0 Å². The smallest absolute Gasteiger partial charge is 0.128 e. The third-order valence-corrected chi connectivity index (χ3v) is 3.78. The van der Waals surface area contributed by atoms with Crippen molar-refractivity contribution in [2.75, 3.05) is 0 Å². The molecule has 0 saturated carbocycles. The Morgan fingerprint density at radius 1 is 1.17 bits per heavy atom. The van der Waals surface area contributed by atoms with Gasteiger partial charge in [-0.05, 0) is 45.2 Å². The molecule has 0 aliphatic heterocycles. The highest BCUT2D eigenvalue weighted by molar-refractivity contribution is 7.98. The molecule has 0 fully saturated rings. The summed E-state index contributed by atoms with van der Waals surface area (Å²) >= 11 is 1.64. The maximum atomic E-state index is 14.0. The summed E-state index contributed by atoms with van der Waals surface area (Å²) in [4.78, 5) is 0. The molecule has 18 heavy (non-hydrogen) atoms. The number of nitrogens with one attached hydrogen (secondary N) is 1. The molecular weight excluding hydrogens is 245 g/mol. The van der Waals surface area contributed by atoms with Gasteiger partial charge in [0.25, 0.3) is 0 Å². The minimum absolute atomic E-state index is 0.00966. The van der Waals surface area contributed by atoms with Crippen LogP contribution in [0, 0.1) is 5.82 Å². The molecule has 0 heterocycles. The number of halogens is 1. The Morgan fingerprint density at radius 2 is 1.78 bits per heavy atom. The van der Waals surface area contributed by atoms with E-state index in [9.17, 15) is 4.39 Å². The summed E-state index contributed by atoms with van der Waals surface area (Å²) in [6.45, 7) is 12.5. The van der Waals surface area contributed by atoms with Gasteiger partial charge in [0.2, 0.25) is 0 Å². The number of hydrogen-bond acceptors (Lipinski definition) is 2. The van der Waals surface area contributed by atoms with Gasteiger partial charge in [0.1, 0.15) is 5.82 Å². The second kappa shape index (κ2) is 6.07. The van der Waals surface area contributed by atoms with Crippen molar-refractivity contribution in [2.24, 2.45) is 0 Å². The number of hydrogen-bond donors (Lipinski definition) is 1. The minimum atomic E-state index is -0.115. The fourth-order valence-electron chi connectivity index (χ4n) is 1.58. The summed E-state index contributed by atoms with van der Waals surface area (Å²) in [6, 6.07) is 5.57. The largest absolute Gasteiger partial charge is 0.256 e. The maximum absolute atomic E-state index is 14.0. The van der Waals surface area contributed by atoms with E-state index < -0.39 is 0 Å². The molecule has 0 spiro atoms. The summed E-state index contributed by atoms with van der Waals surface area (Å²) in [5, 5.41) is 0. The molecule has 0 radical (unpaired) electrons. The van der Waals surface area contributed by atoms with E-state index in [0.717, 1.165) is 11.1 Å². The van der Waals surface area contributed by atoms with Crippen molar-refractivity contribution in [2.45, 2.75) is 58.2 Å². The van der Waals surface area contributed by atoms with Gasteiger partial charge in [-0.15, -0.1) is 0 Å². The lowest BCUT2D eigenvalue weighted by atomic mass is 9.99. The van der Waals surface area contributed by atoms with Crippen LogP contribution in [0.2, 0.25) is 0 Å². The van der Waals surface area contributed by atoms with E-state index in [2.05, 4.69) is 39.3 Å². The van der Waals surface area contributed by atoms with Crippen molar-refractivity contribution in [3.63, 3.8) is 0 Å². The van der Waals surface area contributed by atoms with Crippen LogP contribution in [0.15, 0.2) is 18.2 Å². The van der Waals surface area contributed by atoms with Gasteiger partial charge in [-0.3, -0.25) is 4.72 Å². The Kier molecular flexibility index (Phi) is 5.23. The maximum Gasteiger partial charge on any atom is 0.128 e. The third-order valence-electron chi connectivity index (χ3n) is 2.70. The molecule has 0 saturated heterocycles. The monoisotopic (exact) mass is 269 g/mol. The van der Waals surface area contributed by atoms with E-state index in [-0.39, 0.29) is 16.6 Å². The molecule has 1 rings (SSSR count). The van der Waals surface area contributed by atoms with Gasteiger partial charge in [0.15, 0.2) is 0 Å². The second-order valence-corrected chi connectivity index (χ2v) is 7.65. The zero-order valence-electron chi connectivity index (χ0n) is 12.2. The minimum Gasteiger partial charge on any atom is -0.256 e. The molecule has 1 unspecified atom stereocenters. The van der Waals surface area contributed by atoms with Gasteiger partial charge in [-0.25, -0.2) is 4.39 Å². The molecule has 0 aliphatic carbocycles. The first-order valence-corrected chi connectivity index (χ1v) is 7.25. The van der Waals surface area contributed by atoms with E-state index in [1.165, 1.54) is 0 Å². The molecule has 1 aromatic rings. The van der Waals surface area contributed by atoms with E-state index in [1.54, 1.807) is 18.0 Å². The molecule has 1 nitrogen and oxygen atoms in total. The first-order valence-electron chi connectivity index (χ1n) is 6.43. The highest BCUT2D eigenvalue weighted by Gasteiger charge is 2.16. The zero-order valence-corrected chi connectivity index (χ0v) is 13.0. The number of benzene rings is 1. The Bertz CT molecular complexity index is 396. The normalized spacial score (nSPS) is 14.0. The van der Waals surface area contributed by atoms with Crippen molar-refractivity contribution < 1.29 is 4.39 Å². The van der Waals surface area contributed by atoms with E-state index in [4.69, 9.17) is 0 Å². The van der Waals surface area contributed by atoms with Crippen LogP contribution in [0.1, 0.15) is 64.6 Å². The van der Waals surface area contributed by atoms with Gasteiger partial charge in [0.05, 0.1) is 0 Å². The molecule has 0 aliphatic rings. The Hall–Kier alpha value is -0.540. The first kappa shape index (κ1) is 15.5. The third kappa shape index (κ3) is 4.62. The van der Waals surface area contributed by atoms with E-state index in [1.807, 2.05) is 19.1 Å². The molecule has 1 atom stereocenters. The topological polar surface area (TPSA) is 12.0 Å². The average molecular weight is 269 g/mol. The molecule has 1 aromatic carbocycles. The summed E-state index contributed by atoms with van der Waals surface area (Å²) in [7, 11) is 0. The number of rotatable bonds is 4. The predicted molar refractivity (Wildman–Crippen MR) is 79.4 cm³/mol. The van der Waals surface area contributed by atoms with Crippen molar-refractivity contribution >= 4 is 11.9 Å². The molecule has 0 bridgehead atoms. The molecule has 0 aromatic heterocycles. The lowest BCUT2D eigenvalue weighted by Crippen LogP contribution is -2.20. The lowest BCUT2D eigenvalue weighted by Gasteiger charge is -2.22. The standard InChI is InChI=1S/C15H24FNS/c1-10(2)12-7-8-13(14(16)9-12)11(3)17-18-15(4,5)6/h7-11,17H,1-6H3. The molecular formula is C15H24FNS. The summed E-state index contributed by atoms with van der Waals surface area (Å²) in [6.07, 6.45) is 0. The Balaban J connectivity index is 2.77. The van der Waals surface area contributed by atoms with Crippen molar-refractivity contribution in [1.82, 2.24) is 4.72 Å². The van der Waals surface area contributed by atoms with Crippen molar-refractivity contribution in [3.8, 4) is 0 Å². The highest BCUT2D eigenvalue weighted by atomic mass is 32.2. The summed E-state index contributed by atoms with van der Waals surface area (Å²) < 4.78 is 17.5. The summed E-state index contributed by atoms with van der Waals surface area (Å²) in [5.74, 6) is 0.247. The lowest BCUT2D eigenvalue weighted by molar-refractivity contribution is 0.580. The fraction of sp³-hybridized carbons (Fsp3) is 0.600. The van der Waals surface area contributed by atoms with Crippen molar-refractivity contribution in [3.05, 3.63) is 35.1 Å². The Morgan fingerprint density at radius 3 is 2.22 bits per heavy atom. The SMILES string of the molecule is CC(C)c1ccc(C(C)NSC(C)(C)C)c(F)c1. The van der Waals surface area contributed by atoms with Crippen LogP contribution in [0.5, 0.6) is 0 Å². The highest BCUT2D eigenvalue weighted by Crippen LogP contribution is 2.27.